The van der Waals surface area contributed by atoms with Crippen LogP contribution >= 0.6 is 0 Å². The van der Waals surface area contributed by atoms with Crippen LogP contribution in [-0.2, 0) is 0 Å². The standard InChI is InChI=1S/C63H48N4/c1-3-50-60(43-19-8-5-9-20-43)64-63(55-36-47(27-26-40(55)2)41-16-6-4-7-17-41)65-61(50)44-28-31-48(32-29-44)66-58-38-46-22-11-10-21-45(46)37-56(58)53-35-33-49(39-59(53)66)67-57-25-15-14-24-52(57)54-34-30-42-18-12-13-23-51(42)62(54)67/h4-25,27-40,50,60H,3,26H2,1-2H3. The predicted octanol–water partition coefficient (Wildman–Crippen LogP) is 16.2. The van der Waals surface area contributed by atoms with Crippen molar-refractivity contribution in [2.24, 2.45) is 21.8 Å². The first-order valence-electron chi connectivity index (χ1n) is 23.8. The van der Waals surface area contributed by atoms with Gasteiger partial charge in [-0.25, -0.2) is 4.99 Å². The molecule has 2 aromatic heterocycles. The Kier molecular flexibility index (Phi) is 9.28. The monoisotopic (exact) mass is 860 g/mol. The van der Waals surface area contributed by atoms with Crippen LogP contribution in [0.25, 0.3) is 82.1 Å². The first kappa shape index (κ1) is 39.3. The summed E-state index contributed by atoms with van der Waals surface area (Å²) in [6.07, 6.45) is 6.57. The number of amidine groups is 1. The molecule has 67 heavy (non-hydrogen) atoms. The maximum Gasteiger partial charge on any atom is 0.151 e. The number of allylic oxidation sites excluding steroid dienone is 3. The van der Waals surface area contributed by atoms with Gasteiger partial charge in [-0.3, -0.25) is 4.99 Å². The third-order valence-electron chi connectivity index (χ3n) is 14.6. The van der Waals surface area contributed by atoms with Gasteiger partial charge in [-0.1, -0.05) is 178 Å². The molecule has 3 heterocycles. The van der Waals surface area contributed by atoms with Crippen LogP contribution in [-0.4, -0.2) is 20.7 Å². The zero-order valence-corrected chi connectivity index (χ0v) is 37.6. The third-order valence-corrected chi connectivity index (χ3v) is 14.6. The molecule has 0 N–H and O–H groups in total. The van der Waals surface area contributed by atoms with Crippen LogP contribution in [0, 0.1) is 11.8 Å². The van der Waals surface area contributed by atoms with E-state index in [4.69, 9.17) is 9.98 Å². The molecule has 0 amide bonds. The summed E-state index contributed by atoms with van der Waals surface area (Å²) in [6, 6.07) is 73.4. The van der Waals surface area contributed by atoms with Crippen molar-refractivity contribution < 1.29 is 0 Å². The van der Waals surface area contributed by atoms with Gasteiger partial charge in [0.15, 0.2) is 5.84 Å². The molecule has 1 aliphatic carbocycles. The molecule has 3 unspecified atom stereocenters. The minimum absolute atomic E-state index is 0.0467. The lowest BCUT2D eigenvalue weighted by Crippen LogP contribution is -2.29. The van der Waals surface area contributed by atoms with E-state index in [0.717, 1.165) is 41.3 Å². The van der Waals surface area contributed by atoms with Crippen LogP contribution in [0.15, 0.2) is 228 Å². The van der Waals surface area contributed by atoms with E-state index in [0.29, 0.717) is 5.92 Å². The molecule has 0 fully saturated rings. The fourth-order valence-corrected chi connectivity index (χ4v) is 11.2. The maximum atomic E-state index is 5.58. The van der Waals surface area contributed by atoms with Gasteiger partial charge in [-0.2, -0.15) is 0 Å². The second-order valence-corrected chi connectivity index (χ2v) is 18.4. The Labute approximate surface area is 390 Å². The molecule has 2 aliphatic rings. The number of fused-ring (bicyclic) bond motifs is 9. The van der Waals surface area contributed by atoms with Crippen molar-refractivity contribution >= 4 is 82.3 Å². The summed E-state index contributed by atoms with van der Waals surface area (Å²) in [5.74, 6) is 1.27. The van der Waals surface area contributed by atoms with Crippen molar-refractivity contribution in [1.82, 2.24) is 9.13 Å². The third kappa shape index (κ3) is 6.42. The molecule has 0 bridgehead atoms. The van der Waals surface area contributed by atoms with Crippen LogP contribution < -0.4 is 0 Å². The lowest BCUT2D eigenvalue weighted by molar-refractivity contribution is 0.531. The summed E-state index contributed by atoms with van der Waals surface area (Å²) in [5.41, 5.74) is 14.2. The van der Waals surface area contributed by atoms with E-state index in [1.165, 1.54) is 87.4 Å². The van der Waals surface area contributed by atoms with Crippen molar-refractivity contribution in [2.75, 3.05) is 0 Å². The first-order chi connectivity index (χ1) is 33.1. The highest BCUT2D eigenvalue weighted by molar-refractivity contribution is 6.20. The molecule has 0 saturated heterocycles. The molecule has 4 nitrogen and oxygen atoms in total. The predicted molar refractivity (Wildman–Crippen MR) is 283 cm³/mol. The number of hydrogen-bond acceptors (Lipinski definition) is 2. The highest BCUT2D eigenvalue weighted by Crippen LogP contribution is 2.42. The lowest BCUT2D eigenvalue weighted by Gasteiger charge is -2.32. The molecule has 13 rings (SSSR count). The quantitative estimate of drug-likeness (QED) is 0.153. The van der Waals surface area contributed by atoms with E-state index < -0.39 is 0 Å². The Morgan fingerprint density at radius 2 is 1.15 bits per heavy atom. The molecular formula is C63H48N4. The van der Waals surface area contributed by atoms with E-state index in [1.54, 1.807) is 0 Å². The zero-order valence-electron chi connectivity index (χ0n) is 37.6. The highest BCUT2D eigenvalue weighted by Gasteiger charge is 2.33. The van der Waals surface area contributed by atoms with Crippen molar-refractivity contribution in [3.63, 3.8) is 0 Å². The van der Waals surface area contributed by atoms with Crippen LogP contribution in [0.5, 0.6) is 0 Å². The minimum Gasteiger partial charge on any atom is -0.309 e. The molecule has 0 saturated carbocycles. The second kappa shape index (κ2) is 15.8. The van der Waals surface area contributed by atoms with Gasteiger partial charge in [0.1, 0.15) is 0 Å². The normalized spacial score (nSPS) is 17.6. The van der Waals surface area contributed by atoms with Crippen molar-refractivity contribution in [2.45, 2.75) is 32.7 Å². The topological polar surface area (TPSA) is 34.6 Å². The Balaban J connectivity index is 0.989. The first-order valence-corrected chi connectivity index (χ1v) is 23.8. The summed E-state index contributed by atoms with van der Waals surface area (Å²) < 4.78 is 4.95. The van der Waals surface area contributed by atoms with Crippen LogP contribution in [0.2, 0.25) is 0 Å². The number of nitrogens with zero attached hydrogens (tertiary/aromatic N) is 4. The van der Waals surface area contributed by atoms with Crippen LogP contribution in [0.1, 0.15) is 49.4 Å². The average molecular weight is 861 g/mol. The van der Waals surface area contributed by atoms with E-state index in [-0.39, 0.29) is 12.0 Å². The van der Waals surface area contributed by atoms with Crippen LogP contribution in [0.3, 0.4) is 0 Å². The van der Waals surface area contributed by atoms with Gasteiger partial charge in [0.25, 0.3) is 0 Å². The number of aromatic nitrogens is 2. The Morgan fingerprint density at radius 1 is 0.507 bits per heavy atom. The maximum absolute atomic E-state index is 5.58. The van der Waals surface area contributed by atoms with Gasteiger partial charge in [-0.05, 0) is 106 Å². The van der Waals surface area contributed by atoms with Crippen LogP contribution in [0.4, 0.5) is 0 Å². The molecule has 1 aliphatic heterocycles. The average Bonchev–Trinajstić information content (AvgIpc) is 3.90. The van der Waals surface area contributed by atoms with Crippen molar-refractivity contribution in [1.29, 1.82) is 0 Å². The van der Waals surface area contributed by atoms with E-state index in [9.17, 15) is 0 Å². The lowest BCUT2D eigenvalue weighted by atomic mass is 9.81. The molecule has 9 aromatic carbocycles. The summed E-state index contributed by atoms with van der Waals surface area (Å²) in [4.78, 5) is 11.1. The van der Waals surface area contributed by atoms with Crippen molar-refractivity contribution in [3.8, 4) is 11.4 Å². The van der Waals surface area contributed by atoms with Gasteiger partial charge < -0.3 is 9.13 Å². The number of rotatable bonds is 7. The van der Waals surface area contributed by atoms with Crippen molar-refractivity contribution in [3.05, 3.63) is 235 Å². The number of hydrogen-bond donors (Lipinski definition) is 0. The fourth-order valence-electron chi connectivity index (χ4n) is 11.2. The van der Waals surface area contributed by atoms with E-state index >= 15 is 0 Å². The van der Waals surface area contributed by atoms with Gasteiger partial charge in [-0.15, -0.1) is 0 Å². The summed E-state index contributed by atoms with van der Waals surface area (Å²) in [7, 11) is 0. The Morgan fingerprint density at radius 3 is 1.94 bits per heavy atom. The Bertz CT molecular complexity index is 3880. The molecule has 0 radical (unpaired) electrons. The molecular weight excluding hydrogens is 813 g/mol. The second-order valence-electron chi connectivity index (χ2n) is 18.4. The number of para-hydroxylation sites is 1. The van der Waals surface area contributed by atoms with Gasteiger partial charge in [0.2, 0.25) is 0 Å². The smallest absolute Gasteiger partial charge is 0.151 e. The summed E-state index contributed by atoms with van der Waals surface area (Å²) in [6.45, 7) is 4.59. The minimum atomic E-state index is -0.0467. The molecule has 11 aromatic rings. The molecule has 3 atom stereocenters. The van der Waals surface area contributed by atoms with Gasteiger partial charge in [0, 0.05) is 49.8 Å². The zero-order chi connectivity index (χ0) is 44.6. The Hall–Kier alpha value is -8.08. The molecule has 320 valence electrons. The molecule has 4 heteroatoms. The summed E-state index contributed by atoms with van der Waals surface area (Å²) in [5, 5.41) is 9.94. The number of benzene rings is 9. The number of aliphatic imine (C=N–C) groups is 2. The summed E-state index contributed by atoms with van der Waals surface area (Å²) >= 11 is 0. The highest BCUT2D eigenvalue weighted by atomic mass is 15.0. The van der Waals surface area contributed by atoms with Gasteiger partial charge >= 0.3 is 0 Å². The largest absolute Gasteiger partial charge is 0.309 e. The fraction of sp³-hybridized carbons (Fsp3) is 0.111. The van der Waals surface area contributed by atoms with E-state index in [1.807, 2.05) is 0 Å². The van der Waals surface area contributed by atoms with Gasteiger partial charge in [0.05, 0.1) is 33.8 Å². The van der Waals surface area contributed by atoms with E-state index in [2.05, 4.69) is 235 Å². The SMILES string of the molecule is CCC1C(c2ccc(-n3c4cc(-n5c6ccccc6c6ccc7ccccc7c65)ccc4c4cc5ccccc5cc43)cc2)=NC(C2=CC(c3ccccc3)=CCC2C)=NC1c1ccccc1. The molecule has 0 spiro atoms.